The van der Waals surface area contributed by atoms with Gasteiger partial charge in [-0.25, -0.2) is 15.0 Å². The number of aromatic nitrogens is 3. The highest BCUT2D eigenvalue weighted by atomic mass is 16.3. The van der Waals surface area contributed by atoms with Gasteiger partial charge in [0, 0.05) is 27.5 Å². The third kappa shape index (κ3) is 5.13. The molecule has 0 N–H and O–H groups in total. The standard InChI is InChI=1S/C47H29N3O/c1-3-11-30(12-4-1)34-23-21-32-22-24-36(28-37(32)27-34)45-48-46(39-18-9-16-33-15-7-8-17-38(33)39)50-47(49-45)41-19-10-20-42-44(41)40-26-25-35(29-43(40)51-42)31-13-5-2-6-14-31/h1-29H. The zero-order valence-electron chi connectivity index (χ0n) is 27.5. The Morgan fingerprint density at radius 3 is 1.71 bits per heavy atom. The second-order valence-corrected chi connectivity index (χ2v) is 12.8. The number of furan rings is 1. The summed E-state index contributed by atoms with van der Waals surface area (Å²) in [4.78, 5) is 15.6. The summed E-state index contributed by atoms with van der Waals surface area (Å²) in [6, 6.07) is 61.1. The number of hydrogen-bond donors (Lipinski definition) is 0. The van der Waals surface area contributed by atoms with Crippen LogP contribution in [0.25, 0.3) is 99.9 Å². The van der Waals surface area contributed by atoms with Crippen LogP contribution in [0.15, 0.2) is 180 Å². The van der Waals surface area contributed by atoms with Crippen LogP contribution in [0.1, 0.15) is 0 Å². The molecule has 0 aliphatic rings. The molecule has 0 aliphatic heterocycles. The van der Waals surface area contributed by atoms with E-state index in [2.05, 4.69) is 152 Å². The van der Waals surface area contributed by atoms with Gasteiger partial charge in [0.2, 0.25) is 0 Å². The Morgan fingerprint density at radius 1 is 0.314 bits per heavy atom. The van der Waals surface area contributed by atoms with Crippen molar-refractivity contribution in [2.75, 3.05) is 0 Å². The lowest BCUT2D eigenvalue weighted by atomic mass is 9.99. The van der Waals surface area contributed by atoms with Gasteiger partial charge in [-0.2, -0.15) is 0 Å². The fourth-order valence-corrected chi connectivity index (χ4v) is 7.18. The van der Waals surface area contributed by atoms with Gasteiger partial charge in [-0.15, -0.1) is 0 Å². The maximum Gasteiger partial charge on any atom is 0.164 e. The summed E-state index contributed by atoms with van der Waals surface area (Å²) >= 11 is 0. The fourth-order valence-electron chi connectivity index (χ4n) is 7.18. The van der Waals surface area contributed by atoms with E-state index in [4.69, 9.17) is 19.4 Å². The Kier molecular flexibility index (Phi) is 6.78. The zero-order valence-corrected chi connectivity index (χ0v) is 27.5. The molecular weight excluding hydrogens is 623 g/mol. The topological polar surface area (TPSA) is 51.8 Å². The van der Waals surface area contributed by atoms with Gasteiger partial charge in [-0.3, -0.25) is 0 Å². The average Bonchev–Trinajstić information content (AvgIpc) is 3.59. The van der Waals surface area contributed by atoms with Crippen LogP contribution < -0.4 is 0 Å². The van der Waals surface area contributed by atoms with Crippen LogP contribution in [0.5, 0.6) is 0 Å². The summed E-state index contributed by atoms with van der Waals surface area (Å²) in [6.07, 6.45) is 0. The minimum Gasteiger partial charge on any atom is -0.456 e. The summed E-state index contributed by atoms with van der Waals surface area (Å²) in [7, 11) is 0. The van der Waals surface area contributed by atoms with Gasteiger partial charge in [0.1, 0.15) is 11.2 Å². The van der Waals surface area contributed by atoms with Crippen molar-refractivity contribution in [3.05, 3.63) is 176 Å². The van der Waals surface area contributed by atoms with Crippen LogP contribution in [-0.2, 0) is 0 Å². The summed E-state index contributed by atoms with van der Waals surface area (Å²) in [5.74, 6) is 1.84. The van der Waals surface area contributed by atoms with Crippen molar-refractivity contribution in [3.8, 4) is 56.4 Å². The van der Waals surface area contributed by atoms with Gasteiger partial charge >= 0.3 is 0 Å². The number of rotatable bonds is 5. The fraction of sp³-hybridized carbons (Fsp3) is 0. The van der Waals surface area contributed by atoms with Gasteiger partial charge in [0.15, 0.2) is 17.5 Å². The lowest BCUT2D eigenvalue weighted by Gasteiger charge is -2.11. The Labute approximate surface area is 294 Å². The minimum absolute atomic E-state index is 0.599. The predicted octanol–water partition coefficient (Wildman–Crippen LogP) is 12.4. The molecule has 0 unspecified atom stereocenters. The quantitative estimate of drug-likeness (QED) is 0.186. The lowest BCUT2D eigenvalue weighted by Crippen LogP contribution is -2.01. The van der Waals surface area contributed by atoms with Crippen molar-refractivity contribution in [1.82, 2.24) is 15.0 Å². The number of nitrogens with zero attached hydrogens (tertiary/aromatic N) is 3. The number of fused-ring (bicyclic) bond motifs is 5. The Hall–Kier alpha value is -6.91. The van der Waals surface area contributed by atoms with Gasteiger partial charge in [0.05, 0.1) is 0 Å². The molecular formula is C47H29N3O. The molecule has 0 spiro atoms. The lowest BCUT2D eigenvalue weighted by molar-refractivity contribution is 0.669. The SMILES string of the molecule is c1ccc(-c2ccc3ccc(-c4nc(-c5cccc6ccccc56)nc(-c5cccc6oc7cc(-c8ccccc8)ccc7c56)n4)cc3c2)cc1. The minimum atomic E-state index is 0.599. The number of hydrogen-bond acceptors (Lipinski definition) is 4. The second kappa shape index (κ2) is 11.9. The highest BCUT2D eigenvalue weighted by Crippen LogP contribution is 2.39. The van der Waals surface area contributed by atoms with E-state index in [-0.39, 0.29) is 0 Å². The van der Waals surface area contributed by atoms with Crippen LogP contribution in [0, 0.1) is 0 Å². The van der Waals surface area contributed by atoms with E-state index in [1.54, 1.807) is 0 Å². The molecule has 4 nitrogen and oxygen atoms in total. The molecule has 8 aromatic carbocycles. The molecule has 2 aromatic heterocycles. The van der Waals surface area contributed by atoms with Gasteiger partial charge in [-0.1, -0.05) is 146 Å². The molecule has 0 saturated heterocycles. The van der Waals surface area contributed by atoms with E-state index in [1.165, 1.54) is 11.1 Å². The van der Waals surface area contributed by atoms with Gasteiger partial charge in [0.25, 0.3) is 0 Å². The molecule has 0 bridgehead atoms. The van der Waals surface area contributed by atoms with Crippen molar-refractivity contribution < 1.29 is 4.42 Å². The Bertz CT molecular complexity index is 2910. The van der Waals surface area contributed by atoms with Crippen LogP contribution in [0.4, 0.5) is 0 Å². The first-order valence-corrected chi connectivity index (χ1v) is 17.1. The first-order valence-electron chi connectivity index (χ1n) is 17.1. The summed E-state index contributed by atoms with van der Waals surface area (Å²) in [6.45, 7) is 0. The second-order valence-electron chi connectivity index (χ2n) is 12.8. The molecule has 0 amide bonds. The van der Waals surface area contributed by atoms with Gasteiger partial charge in [-0.05, 0) is 74.1 Å². The molecule has 4 heteroatoms. The van der Waals surface area contributed by atoms with Crippen LogP contribution in [0.3, 0.4) is 0 Å². The molecule has 51 heavy (non-hydrogen) atoms. The van der Waals surface area contributed by atoms with Crippen LogP contribution in [0.2, 0.25) is 0 Å². The van der Waals surface area contributed by atoms with E-state index in [1.807, 2.05) is 24.3 Å². The third-order valence-corrected chi connectivity index (χ3v) is 9.72. The highest BCUT2D eigenvalue weighted by Gasteiger charge is 2.19. The predicted molar refractivity (Wildman–Crippen MR) is 209 cm³/mol. The molecule has 0 fully saturated rings. The smallest absolute Gasteiger partial charge is 0.164 e. The summed E-state index contributed by atoms with van der Waals surface area (Å²) in [5, 5.41) is 6.52. The summed E-state index contributed by atoms with van der Waals surface area (Å²) in [5.41, 5.74) is 9.01. The maximum absolute atomic E-state index is 6.49. The molecule has 238 valence electrons. The van der Waals surface area contributed by atoms with Crippen molar-refractivity contribution in [2.45, 2.75) is 0 Å². The summed E-state index contributed by atoms with van der Waals surface area (Å²) < 4.78 is 6.49. The van der Waals surface area contributed by atoms with Crippen molar-refractivity contribution in [1.29, 1.82) is 0 Å². The molecule has 0 radical (unpaired) electrons. The van der Waals surface area contributed by atoms with Gasteiger partial charge < -0.3 is 4.42 Å². The molecule has 10 aromatic rings. The first-order chi connectivity index (χ1) is 25.2. The van der Waals surface area contributed by atoms with E-state index < -0.39 is 0 Å². The van der Waals surface area contributed by atoms with Crippen molar-refractivity contribution >= 4 is 43.5 Å². The first kappa shape index (κ1) is 29.0. The maximum atomic E-state index is 6.49. The van der Waals surface area contributed by atoms with Crippen LogP contribution >= 0.6 is 0 Å². The zero-order chi connectivity index (χ0) is 33.7. The Morgan fingerprint density at radius 2 is 0.902 bits per heavy atom. The average molecular weight is 652 g/mol. The van der Waals surface area contributed by atoms with E-state index in [0.717, 1.165) is 71.3 Å². The van der Waals surface area contributed by atoms with Crippen molar-refractivity contribution in [3.63, 3.8) is 0 Å². The normalized spacial score (nSPS) is 11.5. The third-order valence-electron chi connectivity index (χ3n) is 9.72. The van der Waals surface area contributed by atoms with Crippen LogP contribution in [-0.4, -0.2) is 15.0 Å². The highest BCUT2D eigenvalue weighted by molar-refractivity contribution is 6.12. The largest absolute Gasteiger partial charge is 0.456 e. The molecule has 2 heterocycles. The van der Waals surface area contributed by atoms with Crippen molar-refractivity contribution in [2.24, 2.45) is 0 Å². The monoisotopic (exact) mass is 651 g/mol. The molecule has 0 atom stereocenters. The van der Waals surface area contributed by atoms with E-state index in [9.17, 15) is 0 Å². The van der Waals surface area contributed by atoms with E-state index >= 15 is 0 Å². The molecule has 0 saturated carbocycles. The number of benzene rings is 8. The molecule has 10 rings (SSSR count). The Balaban J connectivity index is 1.19. The molecule has 0 aliphatic carbocycles. The van der Waals surface area contributed by atoms with E-state index in [0.29, 0.717) is 17.5 Å².